The fourth-order valence-corrected chi connectivity index (χ4v) is 1.08. The van der Waals surface area contributed by atoms with Gasteiger partial charge in [0, 0.05) is 0 Å². The van der Waals surface area contributed by atoms with Crippen LogP contribution in [-0.4, -0.2) is 9.97 Å². The molecule has 0 fully saturated rings. The minimum atomic E-state index is -0.314. The average Bonchev–Trinajstić information content (AvgIpc) is 2.33. The number of nitrogen functional groups attached to an aromatic ring is 1. The van der Waals surface area contributed by atoms with Gasteiger partial charge in [-0.3, -0.25) is 5.43 Å². The number of nitrogens with zero attached hydrogens (tertiary/aromatic N) is 2. The molecule has 0 aliphatic carbocycles. The Balaban J connectivity index is 2.11. The highest BCUT2D eigenvalue weighted by Crippen LogP contribution is 2.20. The number of aromatic nitrogens is 2. The summed E-state index contributed by atoms with van der Waals surface area (Å²) in [6, 6.07) is 5.66. The summed E-state index contributed by atoms with van der Waals surface area (Å²) in [6.07, 6.45) is 2.93. The zero-order chi connectivity index (χ0) is 11.4. The van der Waals surface area contributed by atoms with Crippen LogP contribution >= 0.6 is 0 Å². The maximum Gasteiger partial charge on any atom is 0.237 e. The molecule has 2 aromatic rings. The van der Waals surface area contributed by atoms with Crippen LogP contribution in [-0.2, 0) is 0 Å². The van der Waals surface area contributed by atoms with Gasteiger partial charge in [-0.15, -0.1) is 0 Å². The van der Waals surface area contributed by atoms with Crippen molar-refractivity contribution in [2.24, 2.45) is 5.84 Å². The van der Waals surface area contributed by atoms with Crippen LogP contribution in [0.1, 0.15) is 0 Å². The van der Waals surface area contributed by atoms with Crippen molar-refractivity contribution in [1.82, 2.24) is 9.97 Å². The number of benzene rings is 1. The van der Waals surface area contributed by atoms with Gasteiger partial charge in [-0.05, 0) is 24.3 Å². The summed E-state index contributed by atoms with van der Waals surface area (Å²) in [5.41, 5.74) is 2.30. The third-order valence-electron chi connectivity index (χ3n) is 1.81. The van der Waals surface area contributed by atoms with Crippen molar-refractivity contribution in [3.63, 3.8) is 0 Å². The molecule has 0 saturated carbocycles. The molecule has 0 bridgehead atoms. The van der Waals surface area contributed by atoms with Gasteiger partial charge >= 0.3 is 0 Å². The van der Waals surface area contributed by atoms with E-state index in [2.05, 4.69) is 15.4 Å². The van der Waals surface area contributed by atoms with Crippen molar-refractivity contribution in [2.75, 3.05) is 5.43 Å². The van der Waals surface area contributed by atoms with Crippen LogP contribution in [0.3, 0.4) is 0 Å². The van der Waals surface area contributed by atoms with Crippen molar-refractivity contribution in [3.8, 4) is 11.5 Å². The molecule has 1 heterocycles. The molecule has 3 N–H and O–H groups in total. The lowest BCUT2D eigenvalue weighted by atomic mass is 10.3. The Morgan fingerprint density at radius 1 is 1.06 bits per heavy atom. The second-order valence-electron chi connectivity index (χ2n) is 2.94. The van der Waals surface area contributed by atoms with Gasteiger partial charge in [-0.25, -0.2) is 20.2 Å². The van der Waals surface area contributed by atoms with Crippen molar-refractivity contribution in [2.45, 2.75) is 0 Å². The molecule has 16 heavy (non-hydrogen) atoms. The summed E-state index contributed by atoms with van der Waals surface area (Å²) in [5, 5.41) is 0. The minimum Gasteiger partial charge on any atom is -0.454 e. The van der Waals surface area contributed by atoms with Crippen molar-refractivity contribution in [3.05, 3.63) is 42.5 Å². The molecule has 0 atom stereocenters. The third kappa shape index (κ3) is 2.43. The number of hydrogen-bond acceptors (Lipinski definition) is 5. The summed E-state index contributed by atoms with van der Waals surface area (Å²) < 4.78 is 18.0. The first-order valence-electron chi connectivity index (χ1n) is 4.50. The Kier molecular flexibility index (Phi) is 2.93. The van der Waals surface area contributed by atoms with Gasteiger partial charge in [0.15, 0.2) is 5.75 Å². The van der Waals surface area contributed by atoms with Crippen LogP contribution in [0.15, 0.2) is 36.7 Å². The number of nitrogens with one attached hydrogen (secondary N) is 1. The Labute approximate surface area is 91.1 Å². The van der Waals surface area contributed by atoms with E-state index in [1.54, 1.807) is 0 Å². The van der Waals surface area contributed by atoms with Crippen LogP contribution in [0.25, 0.3) is 0 Å². The number of hydrogen-bond donors (Lipinski definition) is 2. The number of halogens is 1. The SMILES string of the molecule is NNc1ncc(Oc2ccc(F)cc2)cn1. The van der Waals surface area contributed by atoms with E-state index in [1.807, 2.05) is 0 Å². The van der Waals surface area contributed by atoms with Crippen LogP contribution in [0.5, 0.6) is 11.5 Å². The first kappa shape index (κ1) is 10.3. The molecule has 0 spiro atoms. The summed E-state index contributed by atoms with van der Waals surface area (Å²) in [7, 11) is 0. The summed E-state index contributed by atoms with van der Waals surface area (Å²) >= 11 is 0. The number of ether oxygens (including phenoxy) is 1. The van der Waals surface area contributed by atoms with E-state index in [-0.39, 0.29) is 5.82 Å². The average molecular weight is 220 g/mol. The molecule has 82 valence electrons. The quantitative estimate of drug-likeness (QED) is 0.608. The number of rotatable bonds is 3. The first-order chi connectivity index (χ1) is 7.78. The molecule has 1 aromatic carbocycles. The van der Waals surface area contributed by atoms with Crippen molar-refractivity contribution in [1.29, 1.82) is 0 Å². The van der Waals surface area contributed by atoms with Crippen molar-refractivity contribution >= 4 is 5.95 Å². The molecule has 0 saturated heterocycles. The third-order valence-corrected chi connectivity index (χ3v) is 1.81. The first-order valence-corrected chi connectivity index (χ1v) is 4.50. The van der Waals surface area contributed by atoms with Gasteiger partial charge in [0.25, 0.3) is 0 Å². The molecule has 0 aliphatic heterocycles. The number of anilines is 1. The van der Waals surface area contributed by atoms with Gasteiger partial charge in [-0.1, -0.05) is 0 Å². The molecule has 2 rings (SSSR count). The fourth-order valence-electron chi connectivity index (χ4n) is 1.08. The maximum atomic E-state index is 12.6. The largest absolute Gasteiger partial charge is 0.454 e. The second kappa shape index (κ2) is 4.54. The lowest BCUT2D eigenvalue weighted by Crippen LogP contribution is -2.09. The second-order valence-corrected chi connectivity index (χ2v) is 2.94. The summed E-state index contributed by atoms with van der Waals surface area (Å²) in [5.74, 6) is 6.06. The standard InChI is InChI=1S/C10H9FN4O/c11-7-1-3-8(4-2-7)16-9-5-13-10(15-12)14-6-9/h1-6H,12H2,(H,13,14,15). The van der Waals surface area contributed by atoms with Crippen LogP contribution in [0.4, 0.5) is 10.3 Å². The number of hydrazine groups is 1. The van der Waals surface area contributed by atoms with E-state index in [1.165, 1.54) is 36.7 Å². The van der Waals surface area contributed by atoms with E-state index >= 15 is 0 Å². The molecule has 5 nitrogen and oxygen atoms in total. The number of nitrogens with two attached hydrogens (primary N) is 1. The van der Waals surface area contributed by atoms with E-state index < -0.39 is 0 Å². The van der Waals surface area contributed by atoms with Crippen LogP contribution in [0.2, 0.25) is 0 Å². The Morgan fingerprint density at radius 3 is 2.25 bits per heavy atom. The van der Waals surface area contributed by atoms with E-state index in [9.17, 15) is 4.39 Å². The molecule has 0 amide bonds. The van der Waals surface area contributed by atoms with E-state index in [4.69, 9.17) is 10.6 Å². The van der Waals surface area contributed by atoms with Gasteiger partial charge < -0.3 is 4.74 Å². The molecule has 6 heteroatoms. The summed E-state index contributed by atoms with van der Waals surface area (Å²) in [6.45, 7) is 0. The Morgan fingerprint density at radius 2 is 1.69 bits per heavy atom. The van der Waals surface area contributed by atoms with Gasteiger partial charge in [-0.2, -0.15) is 0 Å². The smallest absolute Gasteiger partial charge is 0.237 e. The zero-order valence-electron chi connectivity index (χ0n) is 8.22. The molecular weight excluding hydrogens is 211 g/mol. The van der Waals surface area contributed by atoms with Gasteiger partial charge in [0.1, 0.15) is 11.6 Å². The highest BCUT2D eigenvalue weighted by atomic mass is 19.1. The monoisotopic (exact) mass is 220 g/mol. The normalized spacial score (nSPS) is 9.88. The Hall–Kier alpha value is -2.21. The highest BCUT2D eigenvalue weighted by molar-refractivity contribution is 5.30. The van der Waals surface area contributed by atoms with Gasteiger partial charge in [0.05, 0.1) is 12.4 Å². The minimum absolute atomic E-state index is 0.298. The van der Waals surface area contributed by atoms with Crippen LogP contribution < -0.4 is 16.0 Å². The van der Waals surface area contributed by atoms with Gasteiger partial charge in [0.2, 0.25) is 5.95 Å². The van der Waals surface area contributed by atoms with E-state index in [0.29, 0.717) is 17.4 Å². The van der Waals surface area contributed by atoms with Crippen molar-refractivity contribution < 1.29 is 9.13 Å². The lowest BCUT2D eigenvalue weighted by molar-refractivity contribution is 0.475. The molecule has 0 aliphatic rings. The molecule has 0 radical (unpaired) electrons. The molecule has 0 unspecified atom stereocenters. The van der Waals surface area contributed by atoms with Crippen LogP contribution in [0, 0.1) is 5.82 Å². The van der Waals surface area contributed by atoms with E-state index in [0.717, 1.165) is 0 Å². The molecular formula is C10H9FN4O. The predicted octanol–water partition coefficient (Wildman–Crippen LogP) is 1.69. The zero-order valence-corrected chi connectivity index (χ0v) is 8.22. The predicted molar refractivity (Wildman–Crippen MR) is 56.3 cm³/mol. The summed E-state index contributed by atoms with van der Waals surface area (Å²) in [4.78, 5) is 7.73. The maximum absolute atomic E-state index is 12.6. The lowest BCUT2D eigenvalue weighted by Gasteiger charge is -2.04. The fraction of sp³-hybridized carbons (Fsp3) is 0. The molecule has 1 aromatic heterocycles. The topological polar surface area (TPSA) is 73.1 Å². The Bertz CT molecular complexity index is 457. The highest BCUT2D eigenvalue weighted by Gasteiger charge is 1.99.